The van der Waals surface area contributed by atoms with Crippen LogP contribution < -0.4 is 4.74 Å². The first-order valence-corrected chi connectivity index (χ1v) is 8.30. The quantitative estimate of drug-likeness (QED) is 0.764. The van der Waals surface area contributed by atoms with Crippen LogP contribution >= 0.6 is 11.8 Å². The molecule has 0 aliphatic carbocycles. The summed E-state index contributed by atoms with van der Waals surface area (Å²) >= 11 is 2.04. The third-order valence-corrected chi connectivity index (χ3v) is 5.89. The van der Waals surface area contributed by atoms with Gasteiger partial charge < -0.3 is 4.74 Å². The number of ether oxygens (including phenoxy) is 1. The molecule has 0 saturated carbocycles. The zero-order chi connectivity index (χ0) is 14.8. The number of thioether (sulfide) groups is 1. The molecule has 3 rings (SSSR count). The van der Waals surface area contributed by atoms with Gasteiger partial charge in [0.25, 0.3) is 0 Å². The molecule has 0 amide bonds. The Bertz CT molecular complexity index is 492. The molecule has 1 aromatic rings. The van der Waals surface area contributed by atoms with E-state index in [1.54, 1.807) is 12.1 Å². The van der Waals surface area contributed by atoms with Crippen molar-refractivity contribution in [3.63, 3.8) is 0 Å². The Kier molecular flexibility index (Phi) is 4.48. The lowest BCUT2D eigenvalue weighted by atomic mass is 9.84. The van der Waals surface area contributed by atoms with Gasteiger partial charge >= 0.3 is 6.61 Å². The first-order valence-electron chi connectivity index (χ1n) is 7.36. The summed E-state index contributed by atoms with van der Waals surface area (Å²) in [6.45, 7) is -2.83. The van der Waals surface area contributed by atoms with Gasteiger partial charge in [0.15, 0.2) is 5.78 Å². The van der Waals surface area contributed by atoms with Gasteiger partial charge in [-0.15, -0.1) is 0 Å². The molecule has 2 nitrogen and oxygen atoms in total. The molecule has 0 radical (unpaired) electrons. The number of ketones is 1. The fraction of sp³-hybridized carbons (Fsp3) is 0.562. The molecule has 2 heterocycles. The average molecular weight is 312 g/mol. The molecule has 0 N–H and O–H groups in total. The minimum atomic E-state index is -2.83. The zero-order valence-electron chi connectivity index (χ0n) is 11.6. The standard InChI is InChI=1S/C16H18F2O2S/c17-16(18)20-12-6-4-10(5-7-12)15(19)11-8-13-2-1-3-14(9-11)21-13/h4-7,11,13-14,16H,1-3,8-9H2. The summed E-state index contributed by atoms with van der Waals surface area (Å²) in [5.74, 6) is 0.330. The van der Waals surface area contributed by atoms with Crippen LogP contribution in [0, 0.1) is 5.92 Å². The van der Waals surface area contributed by atoms with E-state index in [9.17, 15) is 13.6 Å². The number of Topliss-reactive ketones (excluding diaryl/α,β-unsaturated/α-hetero) is 1. The van der Waals surface area contributed by atoms with Crippen molar-refractivity contribution in [3.8, 4) is 5.75 Å². The minimum absolute atomic E-state index is 0.0865. The number of alkyl halides is 2. The molecular weight excluding hydrogens is 294 g/mol. The second-order valence-electron chi connectivity index (χ2n) is 5.75. The molecule has 5 heteroatoms. The van der Waals surface area contributed by atoms with E-state index in [0.29, 0.717) is 16.1 Å². The monoisotopic (exact) mass is 312 g/mol. The molecule has 114 valence electrons. The smallest absolute Gasteiger partial charge is 0.387 e. The highest BCUT2D eigenvalue weighted by Gasteiger charge is 2.35. The summed E-state index contributed by atoms with van der Waals surface area (Å²) in [5, 5.41) is 1.24. The molecule has 2 aliphatic rings. The van der Waals surface area contributed by atoms with Crippen LogP contribution in [0.5, 0.6) is 5.75 Å². The van der Waals surface area contributed by atoms with E-state index in [2.05, 4.69) is 4.74 Å². The lowest BCUT2D eigenvalue weighted by molar-refractivity contribution is -0.0498. The summed E-state index contributed by atoms with van der Waals surface area (Å²) < 4.78 is 28.5. The van der Waals surface area contributed by atoms with Gasteiger partial charge in [-0.05, 0) is 49.9 Å². The normalized spacial score (nSPS) is 28.4. The fourth-order valence-corrected chi connectivity index (χ4v) is 5.15. The second kappa shape index (κ2) is 6.34. The van der Waals surface area contributed by atoms with Crippen LogP contribution in [0.1, 0.15) is 42.5 Å². The highest BCUT2D eigenvalue weighted by atomic mass is 32.2. The number of hydrogen-bond acceptors (Lipinski definition) is 3. The maximum Gasteiger partial charge on any atom is 0.387 e. The fourth-order valence-electron chi connectivity index (χ4n) is 3.31. The Morgan fingerprint density at radius 2 is 1.76 bits per heavy atom. The maximum atomic E-state index is 12.6. The van der Waals surface area contributed by atoms with E-state index < -0.39 is 6.61 Å². The molecule has 2 saturated heterocycles. The van der Waals surface area contributed by atoms with Gasteiger partial charge in [0, 0.05) is 22.0 Å². The summed E-state index contributed by atoms with van der Waals surface area (Å²) in [5.41, 5.74) is 0.603. The number of hydrogen-bond donors (Lipinski definition) is 0. The van der Waals surface area contributed by atoms with Gasteiger partial charge in [-0.1, -0.05) is 6.42 Å². The predicted octanol–water partition coefficient (Wildman–Crippen LogP) is 4.54. The maximum absolute atomic E-state index is 12.6. The first-order chi connectivity index (χ1) is 10.1. The zero-order valence-corrected chi connectivity index (χ0v) is 12.5. The van der Waals surface area contributed by atoms with E-state index in [4.69, 9.17) is 0 Å². The molecule has 0 spiro atoms. The van der Waals surface area contributed by atoms with Crippen molar-refractivity contribution in [1.29, 1.82) is 0 Å². The van der Waals surface area contributed by atoms with E-state index in [1.807, 2.05) is 11.8 Å². The van der Waals surface area contributed by atoms with Gasteiger partial charge in [-0.2, -0.15) is 20.5 Å². The summed E-state index contributed by atoms with van der Waals surface area (Å²) in [6, 6.07) is 6.07. The predicted molar refractivity (Wildman–Crippen MR) is 79.1 cm³/mol. The lowest BCUT2D eigenvalue weighted by Gasteiger charge is -2.37. The van der Waals surface area contributed by atoms with Gasteiger partial charge in [0.2, 0.25) is 0 Å². The number of benzene rings is 1. The Labute approximate surface area is 127 Å². The summed E-state index contributed by atoms with van der Waals surface area (Å²) in [6.07, 6.45) is 5.62. The number of halogens is 2. The Hall–Kier alpha value is -1.10. The summed E-state index contributed by atoms with van der Waals surface area (Å²) in [4.78, 5) is 12.6. The molecule has 2 atom stereocenters. The highest BCUT2D eigenvalue weighted by Crippen LogP contribution is 2.44. The number of carbonyl (C=O) groups is 1. The van der Waals surface area contributed by atoms with Crippen molar-refractivity contribution < 1.29 is 18.3 Å². The van der Waals surface area contributed by atoms with Gasteiger partial charge in [-0.25, -0.2) is 0 Å². The number of rotatable bonds is 4. The molecule has 2 bridgehead atoms. The molecule has 21 heavy (non-hydrogen) atoms. The van der Waals surface area contributed by atoms with Crippen LogP contribution in [0.2, 0.25) is 0 Å². The van der Waals surface area contributed by atoms with E-state index >= 15 is 0 Å². The van der Waals surface area contributed by atoms with E-state index in [1.165, 1.54) is 31.4 Å². The van der Waals surface area contributed by atoms with Crippen molar-refractivity contribution in [2.45, 2.75) is 49.2 Å². The first kappa shape index (κ1) is 14.8. The Morgan fingerprint density at radius 3 is 2.33 bits per heavy atom. The topological polar surface area (TPSA) is 26.3 Å². The second-order valence-corrected chi connectivity index (χ2v) is 7.35. The molecular formula is C16H18F2O2S. The number of carbonyl (C=O) groups excluding carboxylic acids is 1. The van der Waals surface area contributed by atoms with Crippen LogP contribution in [-0.4, -0.2) is 22.9 Å². The Morgan fingerprint density at radius 1 is 1.14 bits per heavy atom. The van der Waals surface area contributed by atoms with Gasteiger partial charge in [0.05, 0.1) is 0 Å². The molecule has 1 aromatic carbocycles. The third-order valence-electron chi connectivity index (χ3n) is 4.27. The Balaban J connectivity index is 1.67. The largest absolute Gasteiger partial charge is 0.435 e. The molecule has 2 fully saturated rings. The van der Waals surface area contributed by atoms with E-state index in [0.717, 1.165) is 12.8 Å². The lowest BCUT2D eigenvalue weighted by Crippen LogP contribution is -2.32. The van der Waals surface area contributed by atoms with Crippen molar-refractivity contribution in [3.05, 3.63) is 29.8 Å². The van der Waals surface area contributed by atoms with Gasteiger partial charge in [0.1, 0.15) is 5.75 Å². The number of fused-ring (bicyclic) bond motifs is 2. The van der Waals surface area contributed by atoms with Crippen molar-refractivity contribution in [2.75, 3.05) is 0 Å². The van der Waals surface area contributed by atoms with Crippen LogP contribution in [0.4, 0.5) is 8.78 Å². The molecule has 0 aromatic heterocycles. The van der Waals surface area contributed by atoms with Crippen LogP contribution in [0.15, 0.2) is 24.3 Å². The van der Waals surface area contributed by atoms with Crippen LogP contribution in [0.3, 0.4) is 0 Å². The molecule has 2 unspecified atom stereocenters. The molecule has 2 aliphatic heterocycles. The minimum Gasteiger partial charge on any atom is -0.435 e. The third kappa shape index (κ3) is 3.57. The average Bonchev–Trinajstić information content (AvgIpc) is 2.46. The van der Waals surface area contributed by atoms with Crippen molar-refractivity contribution in [2.24, 2.45) is 5.92 Å². The van der Waals surface area contributed by atoms with Crippen molar-refractivity contribution in [1.82, 2.24) is 0 Å². The van der Waals surface area contributed by atoms with Crippen LogP contribution in [-0.2, 0) is 0 Å². The van der Waals surface area contributed by atoms with Gasteiger partial charge in [-0.3, -0.25) is 4.79 Å². The SMILES string of the molecule is O=C(c1ccc(OC(F)F)cc1)C1CC2CCCC(C1)S2. The summed E-state index contributed by atoms with van der Waals surface area (Å²) in [7, 11) is 0. The van der Waals surface area contributed by atoms with Crippen LogP contribution in [0.25, 0.3) is 0 Å². The van der Waals surface area contributed by atoms with Crippen molar-refractivity contribution >= 4 is 17.5 Å². The van der Waals surface area contributed by atoms with E-state index in [-0.39, 0.29) is 17.5 Å². The highest BCUT2D eigenvalue weighted by molar-refractivity contribution is 8.00.